The van der Waals surface area contributed by atoms with Crippen LogP contribution >= 0.6 is 0 Å². The van der Waals surface area contributed by atoms with E-state index in [1.165, 1.54) is 212 Å². The maximum atomic E-state index is 12.5. The number of aliphatic hydroxyl groups is 2. The molecule has 0 heterocycles. The Morgan fingerprint density at radius 3 is 0.946 bits per heavy atom. The summed E-state index contributed by atoms with van der Waals surface area (Å²) in [7, 11) is 0. The molecule has 0 saturated heterocycles. The lowest BCUT2D eigenvalue weighted by atomic mass is 10.0. The van der Waals surface area contributed by atoms with Crippen LogP contribution < -0.4 is 5.32 Å². The molecule has 0 aromatic heterocycles. The first-order valence-corrected chi connectivity index (χ1v) is 32.1. The highest BCUT2D eigenvalue weighted by molar-refractivity contribution is 5.76. The highest BCUT2D eigenvalue weighted by Gasteiger charge is 2.18. The number of nitrogens with one attached hydrogen (secondary N) is 1. The van der Waals surface area contributed by atoms with Crippen LogP contribution in [0.1, 0.15) is 309 Å². The predicted octanol–water partition coefficient (Wildman–Crippen LogP) is 21.8. The summed E-state index contributed by atoms with van der Waals surface area (Å²) in [4.78, 5) is 12.5. The minimum atomic E-state index is -0.878. The number of hydrogen-bond donors (Lipinski definition) is 3. The minimum Gasteiger partial charge on any atom is -0.394 e. The van der Waals surface area contributed by atoms with Gasteiger partial charge in [-0.15, -0.1) is 0 Å². The molecule has 0 rings (SSSR count). The summed E-state index contributed by atoms with van der Waals surface area (Å²) in [6.45, 7) is 4.20. The van der Waals surface area contributed by atoms with Crippen LogP contribution in [0.4, 0.5) is 0 Å². The molecular weight excluding hydrogens is 903 g/mol. The predicted molar refractivity (Wildman–Crippen MR) is 331 cm³/mol. The molecule has 0 fully saturated rings. The zero-order valence-electron chi connectivity index (χ0n) is 49.1. The number of amides is 1. The summed E-state index contributed by atoms with van der Waals surface area (Å²) in [6.07, 6.45) is 97.1. The summed E-state index contributed by atoms with van der Waals surface area (Å²) in [5, 5.41) is 23.2. The Kier molecular flexibility index (Phi) is 61.8. The molecule has 0 bridgehead atoms. The molecule has 0 spiro atoms. The number of allylic oxidation sites excluding steroid dienone is 17. The summed E-state index contributed by atoms with van der Waals surface area (Å²) in [5.74, 6) is -0.0797. The van der Waals surface area contributed by atoms with Gasteiger partial charge >= 0.3 is 0 Å². The van der Waals surface area contributed by atoms with Crippen molar-refractivity contribution in [2.45, 2.75) is 321 Å². The number of unbranched alkanes of at least 4 members (excludes halogenated alkanes) is 35. The van der Waals surface area contributed by atoms with Crippen molar-refractivity contribution in [1.29, 1.82) is 0 Å². The van der Waals surface area contributed by atoms with Crippen molar-refractivity contribution in [3.8, 4) is 0 Å². The fourth-order valence-corrected chi connectivity index (χ4v) is 9.39. The van der Waals surface area contributed by atoms with E-state index in [0.29, 0.717) is 6.42 Å². The summed E-state index contributed by atoms with van der Waals surface area (Å²) >= 11 is 0. The van der Waals surface area contributed by atoms with Crippen LogP contribution in [0.2, 0.25) is 0 Å². The van der Waals surface area contributed by atoms with Crippen LogP contribution in [-0.2, 0) is 4.79 Å². The number of hydrogen-bond acceptors (Lipinski definition) is 3. The van der Waals surface area contributed by atoms with Crippen LogP contribution in [0.25, 0.3) is 0 Å². The van der Waals surface area contributed by atoms with Gasteiger partial charge in [0.05, 0.1) is 18.8 Å². The molecular formula is C70H123NO3. The van der Waals surface area contributed by atoms with E-state index in [9.17, 15) is 15.0 Å². The van der Waals surface area contributed by atoms with Crippen LogP contribution in [0.15, 0.2) is 109 Å². The van der Waals surface area contributed by atoms with Gasteiger partial charge in [0.25, 0.3) is 0 Å². The van der Waals surface area contributed by atoms with Crippen molar-refractivity contribution < 1.29 is 15.0 Å². The average molecular weight is 1030 g/mol. The smallest absolute Gasteiger partial charge is 0.220 e. The molecule has 0 aromatic rings. The fourth-order valence-electron chi connectivity index (χ4n) is 9.39. The van der Waals surface area contributed by atoms with E-state index in [4.69, 9.17) is 0 Å². The third-order valence-corrected chi connectivity index (χ3v) is 14.2. The molecule has 2 unspecified atom stereocenters. The Hall–Kier alpha value is -2.95. The van der Waals surface area contributed by atoms with Gasteiger partial charge in [-0.2, -0.15) is 0 Å². The first-order chi connectivity index (χ1) is 36.7. The quantitative estimate of drug-likeness (QED) is 0.0420. The summed E-state index contributed by atoms with van der Waals surface area (Å²) in [5.41, 5.74) is 0. The maximum absolute atomic E-state index is 12.5. The van der Waals surface area contributed by atoms with Crippen molar-refractivity contribution in [2.24, 2.45) is 0 Å². The van der Waals surface area contributed by atoms with Gasteiger partial charge in [0, 0.05) is 6.42 Å². The lowest BCUT2D eigenvalue weighted by Crippen LogP contribution is -2.45. The zero-order chi connectivity index (χ0) is 53.4. The Morgan fingerprint density at radius 2 is 0.608 bits per heavy atom. The fraction of sp³-hybridized carbons (Fsp3) is 0.729. The van der Waals surface area contributed by atoms with Gasteiger partial charge in [0.15, 0.2) is 0 Å². The second kappa shape index (κ2) is 64.3. The third kappa shape index (κ3) is 59.9. The molecule has 426 valence electrons. The first kappa shape index (κ1) is 71.0. The third-order valence-electron chi connectivity index (χ3n) is 14.2. The zero-order valence-corrected chi connectivity index (χ0v) is 49.1. The molecule has 4 heteroatoms. The molecule has 0 aliphatic rings. The Morgan fingerprint density at radius 1 is 0.338 bits per heavy atom. The molecule has 0 saturated carbocycles. The molecule has 74 heavy (non-hydrogen) atoms. The summed E-state index contributed by atoms with van der Waals surface area (Å²) in [6, 6.07) is -0.654. The van der Waals surface area contributed by atoms with Crippen molar-refractivity contribution in [2.75, 3.05) is 6.61 Å². The van der Waals surface area contributed by atoms with E-state index < -0.39 is 12.1 Å². The van der Waals surface area contributed by atoms with Crippen molar-refractivity contribution in [1.82, 2.24) is 5.32 Å². The standard InChI is InChI=1S/C70H123NO3/c1-3-5-7-9-11-13-15-17-19-21-23-25-27-29-31-33-34-35-36-38-40-42-44-46-48-50-52-54-56-58-60-62-64-66-70(74)71-68(67-72)69(73)65-63-61-59-57-55-53-51-49-47-45-43-41-39-37-32-30-28-26-24-22-20-18-16-14-12-10-8-6-4-2/h5,7,11,13,17,19,23,25,29,31,34-35,47,49,55,57,63,65,68-69,72-73H,3-4,6,8-10,12,14-16,18,20-22,24,26-28,30,32-33,36-46,48,50-54,56,58-62,64,66-67H2,1-2H3,(H,71,74)/b7-5-,13-11-,19-17-,25-23-,31-29-,35-34-,49-47+,57-55+,65-63+. The SMILES string of the molecule is CC/C=C\C/C=C\C/C=C\C/C=C\C/C=C\C/C=C\CCCCCCCCCCCCCCCCC(=O)NC(CO)C(O)/C=C/CC/C=C/CC/C=C/CCCCCCCCCCCCCCCCCCCCC. The van der Waals surface area contributed by atoms with Gasteiger partial charge < -0.3 is 15.5 Å². The molecule has 0 aromatic carbocycles. The van der Waals surface area contributed by atoms with Crippen LogP contribution in [0.3, 0.4) is 0 Å². The van der Waals surface area contributed by atoms with Crippen molar-refractivity contribution in [3.05, 3.63) is 109 Å². The van der Waals surface area contributed by atoms with Crippen molar-refractivity contribution in [3.63, 3.8) is 0 Å². The second-order valence-electron chi connectivity index (χ2n) is 21.4. The van der Waals surface area contributed by atoms with E-state index in [0.717, 1.165) is 77.0 Å². The second-order valence-corrected chi connectivity index (χ2v) is 21.4. The lowest BCUT2D eigenvalue weighted by molar-refractivity contribution is -0.123. The van der Waals surface area contributed by atoms with Crippen molar-refractivity contribution >= 4 is 5.91 Å². The average Bonchev–Trinajstić information content (AvgIpc) is 3.40. The molecule has 2 atom stereocenters. The van der Waals surface area contributed by atoms with E-state index in [-0.39, 0.29) is 12.5 Å². The van der Waals surface area contributed by atoms with Gasteiger partial charge in [0.1, 0.15) is 0 Å². The van der Waals surface area contributed by atoms with Crippen LogP contribution in [0, 0.1) is 0 Å². The van der Waals surface area contributed by atoms with E-state index in [1.54, 1.807) is 6.08 Å². The maximum Gasteiger partial charge on any atom is 0.220 e. The lowest BCUT2D eigenvalue weighted by Gasteiger charge is -2.19. The van der Waals surface area contributed by atoms with Gasteiger partial charge in [-0.05, 0) is 96.3 Å². The van der Waals surface area contributed by atoms with E-state index in [2.05, 4.69) is 116 Å². The monoisotopic (exact) mass is 1030 g/mol. The van der Waals surface area contributed by atoms with Crippen LogP contribution in [0.5, 0.6) is 0 Å². The highest BCUT2D eigenvalue weighted by Crippen LogP contribution is 2.17. The summed E-state index contributed by atoms with van der Waals surface area (Å²) < 4.78 is 0. The molecule has 0 radical (unpaired) electrons. The van der Waals surface area contributed by atoms with Gasteiger partial charge in [-0.3, -0.25) is 4.79 Å². The molecule has 0 aliphatic carbocycles. The molecule has 1 amide bonds. The molecule has 4 nitrogen and oxygen atoms in total. The number of aliphatic hydroxyl groups excluding tert-OH is 2. The minimum absolute atomic E-state index is 0.0797. The largest absolute Gasteiger partial charge is 0.394 e. The molecule has 0 aliphatic heterocycles. The highest BCUT2D eigenvalue weighted by atomic mass is 16.3. The topological polar surface area (TPSA) is 69.6 Å². The van der Waals surface area contributed by atoms with E-state index in [1.807, 2.05) is 6.08 Å². The number of rotatable bonds is 58. The number of carbonyl (C=O) groups is 1. The number of carbonyl (C=O) groups excluding carboxylic acids is 1. The first-order valence-electron chi connectivity index (χ1n) is 32.1. The Balaban J connectivity index is 3.56. The van der Waals surface area contributed by atoms with Crippen LogP contribution in [-0.4, -0.2) is 34.9 Å². The van der Waals surface area contributed by atoms with E-state index >= 15 is 0 Å². The van der Waals surface area contributed by atoms with Gasteiger partial charge in [-0.1, -0.05) is 316 Å². The van der Waals surface area contributed by atoms with Gasteiger partial charge in [-0.25, -0.2) is 0 Å². The molecule has 3 N–H and O–H groups in total. The Labute approximate surface area is 461 Å². The normalized spacial score (nSPS) is 13.5. The Bertz CT molecular complexity index is 1400. The van der Waals surface area contributed by atoms with Gasteiger partial charge in [0.2, 0.25) is 5.91 Å².